The molecule has 2 aliphatic heterocycles. The van der Waals surface area contributed by atoms with E-state index in [2.05, 4.69) is 32.1 Å². The first-order valence-corrected chi connectivity index (χ1v) is 9.39. The van der Waals surface area contributed by atoms with Gasteiger partial charge in [0.15, 0.2) is 0 Å². The average molecular weight is 338 g/mol. The number of likely N-dealkylation sites (tertiary alicyclic amines) is 2. The molecule has 2 aliphatic rings. The lowest BCUT2D eigenvalue weighted by Gasteiger charge is -2.38. The van der Waals surface area contributed by atoms with Gasteiger partial charge < -0.3 is 4.90 Å². The number of amides is 1. The molecule has 1 N–H and O–H groups in total. The second-order valence-electron chi connectivity index (χ2n) is 7.19. The molecule has 0 radical (unpaired) electrons. The molecule has 1 atom stereocenters. The van der Waals surface area contributed by atoms with Gasteiger partial charge >= 0.3 is 0 Å². The highest BCUT2D eigenvalue weighted by Crippen LogP contribution is 2.33. The number of nitrogens with zero attached hydrogens (tertiary/aromatic N) is 3. The minimum atomic E-state index is -0.135. The van der Waals surface area contributed by atoms with Gasteiger partial charge in [-0.1, -0.05) is 30.3 Å². The van der Waals surface area contributed by atoms with E-state index in [9.17, 15) is 4.79 Å². The largest absolute Gasteiger partial charge is 0.341 e. The Morgan fingerprint density at radius 2 is 1.80 bits per heavy atom. The van der Waals surface area contributed by atoms with E-state index in [1.807, 2.05) is 30.6 Å². The first kappa shape index (κ1) is 16.3. The minimum absolute atomic E-state index is 0.135. The van der Waals surface area contributed by atoms with Crippen LogP contribution >= 0.6 is 0 Å². The van der Waals surface area contributed by atoms with E-state index in [-0.39, 0.29) is 11.9 Å². The molecule has 5 nitrogen and oxygen atoms in total. The van der Waals surface area contributed by atoms with Gasteiger partial charge in [-0.3, -0.25) is 14.8 Å². The lowest BCUT2D eigenvalue weighted by atomic mass is 9.90. The van der Waals surface area contributed by atoms with Crippen molar-refractivity contribution in [1.82, 2.24) is 20.0 Å². The molecule has 2 aromatic rings. The monoisotopic (exact) mass is 338 g/mol. The number of carbonyl (C=O) groups is 1. The van der Waals surface area contributed by atoms with Crippen molar-refractivity contribution in [3.63, 3.8) is 0 Å². The van der Waals surface area contributed by atoms with Crippen LogP contribution in [0.15, 0.2) is 42.7 Å². The third-order valence-electron chi connectivity index (χ3n) is 5.65. The number of carbonyl (C=O) groups excluding carboxylic acids is 1. The number of aromatic amines is 1. The topological polar surface area (TPSA) is 52.2 Å². The molecule has 4 rings (SSSR count). The van der Waals surface area contributed by atoms with Crippen LogP contribution in [0.4, 0.5) is 0 Å². The van der Waals surface area contributed by atoms with Crippen LogP contribution in [0.5, 0.6) is 0 Å². The number of H-pyrrole nitrogens is 1. The van der Waals surface area contributed by atoms with Crippen molar-refractivity contribution in [2.45, 2.75) is 37.6 Å². The summed E-state index contributed by atoms with van der Waals surface area (Å²) in [5.41, 5.74) is 2.42. The van der Waals surface area contributed by atoms with E-state index >= 15 is 0 Å². The van der Waals surface area contributed by atoms with Crippen molar-refractivity contribution in [3.05, 3.63) is 53.9 Å². The second kappa shape index (κ2) is 7.40. The van der Waals surface area contributed by atoms with E-state index in [0.717, 1.165) is 57.4 Å². The van der Waals surface area contributed by atoms with Crippen molar-refractivity contribution in [1.29, 1.82) is 0 Å². The van der Waals surface area contributed by atoms with E-state index in [1.165, 1.54) is 5.56 Å². The molecule has 1 aromatic heterocycles. The van der Waals surface area contributed by atoms with Gasteiger partial charge in [0.05, 0.1) is 6.20 Å². The Labute approximate surface area is 149 Å². The number of hydrogen-bond donors (Lipinski definition) is 1. The quantitative estimate of drug-likeness (QED) is 0.932. The summed E-state index contributed by atoms with van der Waals surface area (Å²) in [5.74, 6) is 0.832. The second-order valence-corrected chi connectivity index (χ2v) is 7.19. The third-order valence-corrected chi connectivity index (χ3v) is 5.65. The number of rotatable bonds is 4. The Morgan fingerprint density at radius 1 is 1.08 bits per heavy atom. The molecule has 25 heavy (non-hydrogen) atoms. The zero-order valence-corrected chi connectivity index (χ0v) is 14.6. The highest BCUT2D eigenvalue weighted by Gasteiger charge is 2.34. The fraction of sp³-hybridized carbons (Fsp3) is 0.500. The normalized spacial score (nSPS) is 20.7. The summed E-state index contributed by atoms with van der Waals surface area (Å²) in [7, 11) is 0. The first-order valence-electron chi connectivity index (χ1n) is 9.39. The lowest BCUT2D eigenvalue weighted by Crippen LogP contribution is -2.45. The van der Waals surface area contributed by atoms with Crippen LogP contribution in [0.25, 0.3) is 0 Å². The van der Waals surface area contributed by atoms with Gasteiger partial charge in [-0.25, -0.2) is 0 Å². The van der Waals surface area contributed by atoms with Crippen molar-refractivity contribution < 1.29 is 4.79 Å². The van der Waals surface area contributed by atoms with Crippen molar-refractivity contribution in [3.8, 4) is 0 Å². The summed E-state index contributed by atoms with van der Waals surface area (Å²) >= 11 is 0. The van der Waals surface area contributed by atoms with Gasteiger partial charge in [0, 0.05) is 19.3 Å². The fourth-order valence-electron chi connectivity index (χ4n) is 4.23. The zero-order chi connectivity index (χ0) is 17.1. The molecule has 0 bridgehead atoms. The van der Waals surface area contributed by atoms with Crippen LogP contribution < -0.4 is 0 Å². The molecular formula is C20H26N4O. The third kappa shape index (κ3) is 3.47. The van der Waals surface area contributed by atoms with Crippen LogP contribution in [-0.2, 0) is 4.79 Å². The molecule has 0 aliphatic carbocycles. The highest BCUT2D eigenvalue weighted by molar-refractivity contribution is 5.83. The Kier molecular flexibility index (Phi) is 4.83. The van der Waals surface area contributed by atoms with Gasteiger partial charge in [-0.2, -0.15) is 5.10 Å². The summed E-state index contributed by atoms with van der Waals surface area (Å²) < 4.78 is 0. The van der Waals surface area contributed by atoms with E-state index in [1.54, 1.807) is 0 Å². The van der Waals surface area contributed by atoms with Crippen molar-refractivity contribution >= 4 is 5.91 Å². The molecular weight excluding hydrogens is 312 g/mol. The minimum Gasteiger partial charge on any atom is -0.341 e. The van der Waals surface area contributed by atoms with Crippen LogP contribution in [0.1, 0.15) is 48.8 Å². The standard InChI is InChI=1S/C20H26N4O/c25-20(24-10-4-5-11-24)19(17-6-2-1-3-7-17)23-12-8-16(9-13-23)18-14-21-22-15-18/h1-3,6-7,14-16,19H,4-5,8-13H2,(H,21,22). The average Bonchev–Trinajstić information content (AvgIpc) is 3.37. The molecule has 1 amide bonds. The van der Waals surface area contributed by atoms with E-state index < -0.39 is 0 Å². The van der Waals surface area contributed by atoms with Crippen molar-refractivity contribution in [2.24, 2.45) is 0 Å². The summed E-state index contributed by atoms with van der Waals surface area (Å²) in [6, 6.07) is 10.2. The Bertz CT molecular complexity index is 671. The summed E-state index contributed by atoms with van der Waals surface area (Å²) in [4.78, 5) is 17.7. The van der Waals surface area contributed by atoms with Crippen molar-refractivity contribution in [2.75, 3.05) is 26.2 Å². The molecule has 0 saturated carbocycles. The van der Waals surface area contributed by atoms with Gasteiger partial charge in [0.25, 0.3) is 0 Å². The smallest absolute Gasteiger partial charge is 0.244 e. The predicted octanol–water partition coefficient (Wildman–Crippen LogP) is 2.95. The molecule has 0 spiro atoms. The maximum atomic E-state index is 13.2. The number of nitrogens with one attached hydrogen (secondary N) is 1. The number of hydrogen-bond acceptors (Lipinski definition) is 3. The zero-order valence-electron chi connectivity index (χ0n) is 14.6. The molecule has 1 unspecified atom stereocenters. The maximum absolute atomic E-state index is 13.2. The van der Waals surface area contributed by atoms with Gasteiger partial charge in [-0.05, 0) is 55.8 Å². The Morgan fingerprint density at radius 3 is 2.44 bits per heavy atom. The first-order chi connectivity index (χ1) is 12.3. The predicted molar refractivity (Wildman–Crippen MR) is 97.1 cm³/mol. The molecule has 2 saturated heterocycles. The Balaban J connectivity index is 1.51. The van der Waals surface area contributed by atoms with Gasteiger partial charge in [0.2, 0.25) is 5.91 Å². The fourth-order valence-corrected chi connectivity index (χ4v) is 4.23. The van der Waals surface area contributed by atoms with Gasteiger partial charge in [0.1, 0.15) is 6.04 Å². The van der Waals surface area contributed by atoms with E-state index in [4.69, 9.17) is 0 Å². The molecule has 5 heteroatoms. The summed E-state index contributed by atoms with van der Waals surface area (Å²) in [6.45, 7) is 3.73. The Hall–Kier alpha value is -2.14. The van der Waals surface area contributed by atoms with Crippen LogP contribution in [0.3, 0.4) is 0 Å². The molecule has 1 aromatic carbocycles. The van der Waals surface area contributed by atoms with Crippen LogP contribution in [-0.4, -0.2) is 52.1 Å². The van der Waals surface area contributed by atoms with Gasteiger partial charge in [-0.15, -0.1) is 0 Å². The molecule has 132 valence electrons. The number of benzene rings is 1. The van der Waals surface area contributed by atoms with E-state index in [0.29, 0.717) is 5.92 Å². The number of piperidine rings is 1. The van der Waals surface area contributed by atoms with Crippen LogP contribution in [0, 0.1) is 0 Å². The number of aromatic nitrogens is 2. The lowest BCUT2D eigenvalue weighted by molar-refractivity contribution is -0.136. The highest BCUT2D eigenvalue weighted by atomic mass is 16.2. The molecule has 3 heterocycles. The van der Waals surface area contributed by atoms with Crippen LogP contribution in [0.2, 0.25) is 0 Å². The molecule has 2 fully saturated rings. The summed E-state index contributed by atoms with van der Waals surface area (Å²) in [6.07, 6.45) is 8.37. The maximum Gasteiger partial charge on any atom is 0.244 e. The summed E-state index contributed by atoms with van der Waals surface area (Å²) in [5, 5.41) is 7.00. The SMILES string of the molecule is O=C(C(c1ccccc1)N1CCC(c2cn[nH]c2)CC1)N1CCCC1.